The summed E-state index contributed by atoms with van der Waals surface area (Å²) in [4.78, 5) is 57.3. The first-order valence-electron chi connectivity index (χ1n) is 19.1. The molecule has 0 spiro atoms. The standard InChI is InChI=1S/C41H38F2N8O7S/c1-49-37-22-44-18-17-30(37)39(53)51(41(49)55)27-11-7-24(8-12-27)19-35(40(54)58-28-5-3-2-4-6-28)45-38(52)31-20-33(43)34(21-32(31)42)47-59(56,57)29-15-13-26(14-16-29)50-23-36(46-48-50)25-9-10-25/h7-8,11-18,20-23,25,28,35,47H,2-6,9-10,19H2,1H3,(H,45,52)/t35-/m0/s1. The predicted octanol–water partition coefficient (Wildman–Crippen LogP) is 4.84. The van der Waals surface area contributed by atoms with E-state index in [2.05, 4.69) is 20.6 Å². The molecule has 0 bridgehead atoms. The second-order valence-corrected chi connectivity index (χ2v) is 16.4. The molecule has 8 rings (SSSR count). The first-order valence-corrected chi connectivity index (χ1v) is 20.6. The maximum Gasteiger partial charge on any atom is 0.335 e. The summed E-state index contributed by atoms with van der Waals surface area (Å²) in [5.74, 6) is -4.05. The molecule has 304 valence electrons. The zero-order valence-electron chi connectivity index (χ0n) is 31.7. The van der Waals surface area contributed by atoms with Crippen LogP contribution in [-0.4, -0.2) is 61.6 Å². The van der Waals surface area contributed by atoms with Crippen LogP contribution < -0.4 is 21.3 Å². The van der Waals surface area contributed by atoms with Gasteiger partial charge in [0.25, 0.3) is 21.5 Å². The van der Waals surface area contributed by atoms with Crippen LogP contribution in [0.15, 0.2) is 99.8 Å². The molecule has 3 aromatic heterocycles. The number of aromatic nitrogens is 6. The van der Waals surface area contributed by atoms with Crippen LogP contribution >= 0.6 is 0 Å². The highest BCUT2D eigenvalue weighted by Crippen LogP contribution is 2.38. The van der Waals surface area contributed by atoms with Crippen molar-refractivity contribution in [2.24, 2.45) is 7.05 Å². The SMILES string of the molecule is Cn1c(=O)n(-c2ccc(C[C@H](NC(=O)c3cc(F)c(NS(=O)(=O)c4ccc(-n5cc(C6CC6)nn5)cc4)cc3F)C(=O)OC3CCCCC3)cc2)c(=O)c2ccncc21. The summed E-state index contributed by atoms with van der Waals surface area (Å²) in [5, 5.41) is 11.0. The van der Waals surface area contributed by atoms with Crippen molar-refractivity contribution in [2.75, 3.05) is 4.72 Å². The van der Waals surface area contributed by atoms with Crippen LogP contribution in [-0.2, 0) is 33.0 Å². The van der Waals surface area contributed by atoms with E-state index in [4.69, 9.17) is 4.74 Å². The van der Waals surface area contributed by atoms with E-state index in [1.807, 2.05) is 4.72 Å². The zero-order chi connectivity index (χ0) is 41.4. The van der Waals surface area contributed by atoms with Crippen LogP contribution in [0.3, 0.4) is 0 Å². The number of hydrogen-bond acceptors (Lipinski definition) is 10. The number of anilines is 1. The summed E-state index contributed by atoms with van der Waals surface area (Å²) in [7, 11) is -2.88. The molecular weight excluding hydrogens is 787 g/mol. The average Bonchev–Trinajstić information content (AvgIpc) is 3.97. The van der Waals surface area contributed by atoms with Crippen LogP contribution in [0.2, 0.25) is 0 Å². The lowest BCUT2D eigenvalue weighted by molar-refractivity contribution is -0.152. The largest absolute Gasteiger partial charge is 0.461 e. The fourth-order valence-electron chi connectivity index (χ4n) is 7.15. The second kappa shape index (κ2) is 16.0. The molecule has 0 aliphatic heterocycles. The van der Waals surface area contributed by atoms with Gasteiger partial charge in [0, 0.05) is 31.6 Å². The quantitative estimate of drug-likeness (QED) is 0.162. The van der Waals surface area contributed by atoms with E-state index in [1.54, 1.807) is 18.3 Å². The lowest BCUT2D eigenvalue weighted by atomic mass is 9.97. The molecule has 1 amide bonds. The van der Waals surface area contributed by atoms with Gasteiger partial charge in [-0.2, -0.15) is 0 Å². The predicted molar refractivity (Wildman–Crippen MR) is 211 cm³/mol. The number of pyridine rings is 1. The third kappa shape index (κ3) is 8.25. The van der Waals surface area contributed by atoms with Gasteiger partial charge >= 0.3 is 11.7 Å². The first kappa shape index (κ1) is 39.3. The second-order valence-electron chi connectivity index (χ2n) is 14.7. The number of amides is 1. The molecule has 18 heteroatoms. The van der Waals surface area contributed by atoms with Crippen LogP contribution in [0.5, 0.6) is 0 Å². The van der Waals surface area contributed by atoms with Crippen molar-refractivity contribution in [3.8, 4) is 11.4 Å². The van der Waals surface area contributed by atoms with Crippen molar-refractivity contribution in [3.05, 3.63) is 135 Å². The van der Waals surface area contributed by atoms with Gasteiger partial charge in [0.1, 0.15) is 23.8 Å². The highest BCUT2D eigenvalue weighted by Gasteiger charge is 2.30. The molecule has 3 aromatic carbocycles. The van der Waals surface area contributed by atoms with Crippen molar-refractivity contribution in [3.63, 3.8) is 0 Å². The Morgan fingerprint density at radius 3 is 2.34 bits per heavy atom. The lowest BCUT2D eigenvalue weighted by Crippen LogP contribution is -2.45. The fraction of sp³-hybridized carbons (Fsp3) is 0.293. The van der Waals surface area contributed by atoms with Gasteiger partial charge in [-0.25, -0.2) is 36.0 Å². The van der Waals surface area contributed by atoms with Gasteiger partial charge in [-0.05, 0) is 92.6 Å². The summed E-state index contributed by atoms with van der Waals surface area (Å²) in [5.41, 5.74) is -0.151. The minimum absolute atomic E-state index is 0.146. The number of fused-ring (bicyclic) bond motifs is 1. The minimum Gasteiger partial charge on any atom is -0.461 e. The molecule has 2 fully saturated rings. The normalized spacial score (nSPS) is 15.2. The molecule has 1 atom stereocenters. The first-order chi connectivity index (χ1) is 28.4. The molecule has 6 aromatic rings. The summed E-state index contributed by atoms with van der Waals surface area (Å²) in [6.07, 6.45) is 10.2. The molecule has 2 aliphatic carbocycles. The Bertz CT molecular complexity index is 2810. The molecule has 3 heterocycles. The van der Waals surface area contributed by atoms with E-state index < -0.39 is 62.1 Å². The third-order valence-electron chi connectivity index (χ3n) is 10.6. The van der Waals surface area contributed by atoms with Crippen molar-refractivity contribution in [1.82, 2.24) is 34.4 Å². The van der Waals surface area contributed by atoms with E-state index in [0.717, 1.165) is 42.4 Å². The van der Waals surface area contributed by atoms with Gasteiger partial charge < -0.3 is 10.1 Å². The lowest BCUT2D eigenvalue weighted by Gasteiger charge is -2.25. The molecule has 2 aliphatic rings. The molecule has 0 saturated heterocycles. The smallest absolute Gasteiger partial charge is 0.335 e. The Morgan fingerprint density at radius 2 is 1.63 bits per heavy atom. The van der Waals surface area contributed by atoms with Gasteiger partial charge in [0.2, 0.25) is 0 Å². The number of hydrogen-bond donors (Lipinski definition) is 2. The number of nitrogens with zero attached hydrogens (tertiary/aromatic N) is 6. The zero-order valence-corrected chi connectivity index (χ0v) is 32.5. The van der Waals surface area contributed by atoms with E-state index in [9.17, 15) is 27.6 Å². The monoisotopic (exact) mass is 824 g/mol. The van der Waals surface area contributed by atoms with Crippen LogP contribution in [0, 0.1) is 11.6 Å². The average molecular weight is 825 g/mol. The number of nitrogens with one attached hydrogen (secondary N) is 2. The van der Waals surface area contributed by atoms with Gasteiger partial charge in [0.15, 0.2) is 0 Å². The Morgan fingerprint density at radius 1 is 0.915 bits per heavy atom. The molecule has 2 N–H and O–H groups in total. The number of esters is 1. The Kier molecular flexibility index (Phi) is 10.7. The minimum atomic E-state index is -4.40. The topological polar surface area (TPSA) is 189 Å². The van der Waals surface area contributed by atoms with Crippen molar-refractivity contribution < 1.29 is 31.5 Å². The van der Waals surface area contributed by atoms with Gasteiger partial charge in [0.05, 0.1) is 56.5 Å². The molecule has 59 heavy (non-hydrogen) atoms. The van der Waals surface area contributed by atoms with Gasteiger partial charge in [-0.3, -0.25) is 23.9 Å². The molecule has 2 saturated carbocycles. The van der Waals surface area contributed by atoms with Gasteiger partial charge in [-0.1, -0.05) is 23.8 Å². The highest BCUT2D eigenvalue weighted by atomic mass is 32.2. The molecular formula is C41H38F2N8O7S. The van der Waals surface area contributed by atoms with Crippen molar-refractivity contribution in [2.45, 2.75) is 74.3 Å². The van der Waals surface area contributed by atoms with E-state index in [1.165, 1.54) is 71.2 Å². The van der Waals surface area contributed by atoms with Crippen molar-refractivity contribution >= 4 is 38.5 Å². The summed E-state index contributed by atoms with van der Waals surface area (Å²) >= 11 is 0. The fourth-order valence-corrected chi connectivity index (χ4v) is 8.21. The van der Waals surface area contributed by atoms with Crippen LogP contribution in [0.4, 0.5) is 14.5 Å². The maximum atomic E-state index is 15.6. The Balaban J connectivity index is 0.998. The number of sulfonamides is 1. The third-order valence-corrected chi connectivity index (χ3v) is 12.0. The van der Waals surface area contributed by atoms with E-state index in [0.29, 0.717) is 47.7 Å². The summed E-state index contributed by atoms with van der Waals surface area (Å²) in [6.45, 7) is 0. The van der Waals surface area contributed by atoms with Crippen LogP contribution in [0.25, 0.3) is 22.3 Å². The molecule has 0 unspecified atom stereocenters. The van der Waals surface area contributed by atoms with Crippen LogP contribution in [0.1, 0.15) is 72.5 Å². The van der Waals surface area contributed by atoms with E-state index >= 15 is 8.78 Å². The number of benzene rings is 3. The highest BCUT2D eigenvalue weighted by molar-refractivity contribution is 7.92. The number of carbonyl (C=O) groups is 2. The maximum absolute atomic E-state index is 15.6. The molecule has 15 nitrogen and oxygen atoms in total. The van der Waals surface area contributed by atoms with Crippen molar-refractivity contribution in [1.29, 1.82) is 0 Å². The Hall–Kier alpha value is -6.56. The summed E-state index contributed by atoms with van der Waals surface area (Å²) < 4.78 is 69.0. The summed E-state index contributed by atoms with van der Waals surface area (Å²) in [6, 6.07) is 13.0. The number of carbonyl (C=O) groups excluding carboxylic acids is 2. The molecule has 0 radical (unpaired) electrons. The number of aryl methyl sites for hydroxylation is 1. The number of ether oxygens (including phenoxy) is 1. The Labute approximate surface area is 335 Å². The van der Waals surface area contributed by atoms with E-state index in [-0.39, 0.29) is 28.5 Å². The van der Waals surface area contributed by atoms with Gasteiger partial charge in [-0.15, -0.1) is 5.10 Å². The number of rotatable bonds is 12. The number of halogens is 2.